The van der Waals surface area contributed by atoms with Gasteiger partial charge in [-0.3, -0.25) is 9.13 Å². The van der Waals surface area contributed by atoms with Gasteiger partial charge in [0.2, 0.25) is 11.2 Å². The molecule has 1 aliphatic rings. The maximum Gasteiger partial charge on any atom is 0.351 e. The van der Waals surface area contributed by atoms with E-state index in [0.29, 0.717) is 11.2 Å². The zero-order valence-corrected chi connectivity index (χ0v) is 13.4. The Morgan fingerprint density at radius 2 is 2.22 bits per heavy atom. The third-order valence-electron chi connectivity index (χ3n) is 2.94. The van der Waals surface area contributed by atoms with Crippen LogP contribution in [-0.2, 0) is 14.0 Å². The van der Waals surface area contributed by atoms with Gasteiger partial charge in [0.1, 0.15) is 0 Å². The summed E-state index contributed by atoms with van der Waals surface area (Å²) in [6.45, 7) is 0. The van der Waals surface area contributed by atoms with Crippen molar-refractivity contribution in [3.8, 4) is 5.88 Å². The van der Waals surface area contributed by atoms with E-state index in [4.69, 9.17) is 35.6 Å². The minimum absolute atomic E-state index is 0.00706. The Labute approximate surface area is 134 Å². The van der Waals surface area contributed by atoms with Gasteiger partial charge in [0, 0.05) is 0 Å². The van der Waals surface area contributed by atoms with Gasteiger partial charge < -0.3 is 24.0 Å². The van der Waals surface area contributed by atoms with Crippen LogP contribution in [0, 0.1) is 0 Å². The second-order valence-electron chi connectivity index (χ2n) is 4.57. The number of nitrogens with zero attached hydrogens (tertiary/aromatic N) is 4. The summed E-state index contributed by atoms with van der Waals surface area (Å²) in [4.78, 5) is 29.8. The summed E-state index contributed by atoms with van der Waals surface area (Å²) >= 11 is 5.85. The van der Waals surface area contributed by atoms with Gasteiger partial charge in [-0.2, -0.15) is 9.97 Å². The van der Waals surface area contributed by atoms with Crippen molar-refractivity contribution in [3.63, 3.8) is 0 Å². The number of fused-ring (bicyclic) bond motifs is 1. The SMILES string of the molecule is COc1nc(Cl)nc2c1ncn2[C@H]1C=C[C@@H](OCP(=O)(O)O)O1. The average Bonchev–Trinajstić information content (AvgIpc) is 3.09. The molecule has 23 heavy (non-hydrogen) atoms. The van der Waals surface area contributed by atoms with E-state index in [1.807, 2.05) is 0 Å². The lowest BCUT2D eigenvalue weighted by molar-refractivity contribution is -0.125. The number of halogens is 1. The molecular weight excluding hydrogens is 351 g/mol. The van der Waals surface area contributed by atoms with Gasteiger partial charge in [-0.05, 0) is 23.8 Å². The lowest BCUT2D eigenvalue weighted by Gasteiger charge is -2.16. The van der Waals surface area contributed by atoms with Crippen molar-refractivity contribution in [2.24, 2.45) is 0 Å². The number of imidazole rings is 1. The van der Waals surface area contributed by atoms with Crippen LogP contribution in [0.2, 0.25) is 5.28 Å². The summed E-state index contributed by atoms with van der Waals surface area (Å²) < 4.78 is 28.0. The summed E-state index contributed by atoms with van der Waals surface area (Å²) in [5.74, 6) is 0.232. The quantitative estimate of drug-likeness (QED) is 0.455. The van der Waals surface area contributed by atoms with Crippen molar-refractivity contribution in [1.82, 2.24) is 19.5 Å². The van der Waals surface area contributed by atoms with Gasteiger partial charge in [-0.1, -0.05) is 0 Å². The Hall–Kier alpha value is -1.55. The third-order valence-corrected chi connectivity index (χ3v) is 3.60. The smallest absolute Gasteiger partial charge is 0.351 e. The third kappa shape index (κ3) is 3.52. The van der Waals surface area contributed by atoms with Gasteiger partial charge in [0.05, 0.1) is 13.4 Å². The summed E-state index contributed by atoms with van der Waals surface area (Å²) in [7, 11) is -2.82. The first-order valence-corrected chi connectivity index (χ1v) is 8.49. The highest BCUT2D eigenvalue weighted by atomic mass is 35.5. The van der Waals surface area contributed by atoms with E-state index in [2.05, 4.69) is 15.0 Å². The zero-order chi connectivity index (χ0) is 16.6. The zero-order valence-electron chi connectivity index (χ0n) is 11.7. The number of methoxy groups -OCH3 is 1. The van der Waals surface area contributed by atoms with E-state index in [-0.39, 0.29) is 11.2 Å². The van der Waals surface area contributed by atoms with Crippen molar-refractivity contribution in [2.45, 2.75) is 12.5 Å². The molecule has 3 heterocycles. The van der Waals surface area contributed by atoms with Gasteiger partial charge in [-0.15, -0.1) is 0 Å². The van der Waals surface area contributed by atoms with Gasteiger partial charge in [0.25, 0.3) is 0 Å². The fourth-order valence-electron chi connectivity index (χ4n) is 2.03. The average molecular weight is 363 g/mol. The molecule has 2 aromatic rings. The molecule has 0 spiro atoms. The van der Waals surface area contributed by atoms with Crippen LogP contribution in [0.25, 0.3) is 11.2 Å². The molecule has 0 aromatic carbocycles. The van der Waals surface area contributed by atoms with Crippen LogP contribution < -0.4 is 4.74 Å². The Morgan fingerprint density at radius 3 is 2.91 bits per heavy atom. The van der Waals surface area contributed by atoms with E-state index >= 15 is 0 Å². The fourth-order valence-corrected chi connectivity index (χ4v) is 2.53. The Balaban J connectivity index is 1.81. The molecule has 3 rings (SSSR count). The second-order valence-corrected chi connectivity index (χ2v) is 6.49. The molecule has 2 atom stereocenters. The molecule has 0 amide bonds. The molecule has 0 saturated heterocycles. The molecule has 0 bridgehead atoms. The summed E-state index contributed by atoms with van der Waals surface area (Å²) in [6.07, 6.45) is 2.42. The van der Waals surface area contributed by atoms with Gasteiger partial charge >= 0.3 is 7.60 Å². The number of hydrogen-bond acceptors (Lipinski definition) is 7. The number of aromatic nitrogens is 4. The van der Waals surface area contributed by atoms with E-state index in [1.165, 1.54) is 19.5 Å². The monoisotopic (exact) mass is 362 g/mol. The second kappa shape index (κ2) is 6.16. The summed E-state index contributed by atoms with van der Waals surface area (Å²) in [5, 5.41) is -0.00706. The lowest BCUT2D eigenvalue weighted by atomic mass is 10.4. The van der Waals surface area contributed by atoms with E-state index in [9.17, 15) is 4.57 Å². The Bertz CT molecular complexity index is 805. The molecule has 124 valence electrons. The normalized spacial score (nSPS) is 21.2. The molecule has 12 heteroatoms. The van der Waals surface area contributed by atoms with Crippen LogP contribution in [0.3, 0.4) is 0 Å². The molecule has 10 nitrogen and oxygen atoms in total. The minimum atomic E-state index is -4.26. The van der Waals surface area contributed by atoms with Crippen LogP contribution in [0.5, 0.6) is 5.88 Å². The Morgan fingerprint density at radius 1 is 1.43 bits per heavy atom. The van der Waals surface area contributed by atoms with Crippen molar-refractivity contribution in [3.05, 3.63) is 23.8 Å². The lowest BCUT2D eigenvalue weighted by Crippen LogP contribution is -2.16. The highest BCUT2D eigenvalue weighted by Gasteiger charge is 2.26. The standard InChI is InChI=1S/C11H12ClN4O6P/c1-20-10-8-9(14-11(12)15-10)16(4-13-8)6-2-3-7(22-6)21-5-23(17,18)19/h2-4,6-7H,5H2,1H3,(H2,17,18,19)/t6-,7+/m1/s1. The first-order valence-electron chi connectivity index (χ1n) is 6.31. The molecule has 1 aliphatic heterocycles. The van der Waals surface area contributed by atoms with Gasteiger partial charge in [0.15, 0.2) is 30.0 Å². The van der Waals surface area contributed by atoms with Crippen LogP contribution in [-0.4, -0.2) is 49.1 Å². The molecule has 0 saturated carbocycles. The van der Waals surface area contributed by atoms with Crippen molar-refractivity contribution in [2.75, 3.05) is 13.5 Å². The first-order chi connectivity index (χ1) is 10.9. The molecule has 2 N–H and O–H groups in total. The van der Waals surface area contributed by atoms with E-state index in [0.717, 1.165) is 0 Å². The van der Waals surface area contributed by atoms with E-state index in [1.54, 1.807) is 10.6 Å². The number of rotatable bonds is 5. The predicted molar refractivity (Wildman–Crippen MR) is 77.9 cm³/mol. The molecule has 0 fully saturated rings. The molecule has 2 aromatic heterocycles. The largest absolute Gasteiger partial charge is 0.479 e. The van der Waals surface area contributed by atoms with Crippen LogP contribution in [0.15, 0.2) is 18.5 Å². The van der Waals surface area contributed by atoms with Crippen molar-refractivity contribution < 1.29 is 28.6 Å². The molecule has 0 unspecified atom stereocenters. The van der Waals surface area contributed by atoms with Gasteiger partial charge in [-0.25, -0.2) is 4.98 Å². The van der Waals surface area contributed by atoms with Crippen molar-refractivity contribution in [1.29, 1.82) is 0 Å². The van der Waals surface area contributed by atoms with E-state index < -0.39 is 26.5 Å². The number of ether oxygens (including phenoxy) is 3. The minimum Gasteiger partial charge on any atom is -0.479 e. The fraction of sp³-hybridized carbons (Fsp3) is 0.364. The predicted octanol–water partition coefficient (Wildman–Crippen LogP) is 1.05. The molecule has 0 radical (unpaired) electrons. The molecule has 0 aliphatic carbocycles. The highest BCUT2D eigenvalue weighted by molar-refractivity contribution is 7.51. The maximum atomic E-state index is 10.8. The van der Waals surface area contributed by atoms with Crippen LogP contribution >= 0.6 is 19.2 Å². The summed E-state index contributed by atoms with van der Waals surface area (Å²) in [5.41, 5.74) is 0.806. The van der Waals surface area contributed by atoms with Crippen molar-refractivity contribution >= 4 is 30.4 Å². The Kier molecular flexibility index (Phi) is 4.37. The van der Waals surface area contributed by atoms with Crippen LogP contribution in [0.4, 0.5) is 0 Å². The first kappa shape index (κ1) is 16.3. The van der Waals surface area contributed by atoms with Crippen LogP contribution in [0.1, 0.15) is 6.23 Å². The molecular formula is C11H12ClN4O6P. The maximum absolute atomic E-state index is 10.8. The number of hydrogen-bond donors (Lipinski definition) is 2. The summed E-state index contributed by atoms with van der Waals surface area (Å²) in [6, 6.07) is 0. The topological polar surface area (TPSA) is 129 Å². The highest BCUT2D eigenvalue weighted by Crippen LogP contribution is 2.36.